The molecule has 0 unspecified atom stereocenters. The van der Waals surface area contributed by atoms with Gasteiger partial charge >= 0.3 is 0 Å². The lowest BCUT2D eigenvalue weighted by Gasteiger charge is -2.06. The number of amides is 1. The molecule has 0 aliphatic heterocycles. The van der Waals surface area contributed by atoms with Crippen molar-refractivity contribution in [2.24, 2.45) is 5.92 Å². The fraction of sp³-hybridized carbons (Fsp3) is 0.438. The van der Waals surface area contributed by atoms with Gasteiger partial charge in [-0.15, -0.1) is 0 Å². The molecule has 2 aromatic rings. The topological polar surface area (TPSA) is 68.0 Å². The summed E-state index contributed by atoms with van der Waals surface area (Å²) in [6, 6.07) is 9.69. The quantitative estimate of drug-likeness (QED) is 0.850. The number of aryl methyl sites for hydroxylation is 1. The minimum Gasteiger partial charge on any atom is -0.356 e. The molecule has 1 N–H and O–H groups in total. The molecule has 112 valence electrons. The fourth-order valence-corrected chi connectivity index (χ4v) is 1.87. The molecule has 0 radical (unpaired) electrons. The maximum Gasteiger partial charge on any atom is 0.226 e. The highest BCUT2D eigenvalue weighted by atomic mass is 16.5. The van der Waals surface area contributed by atoms with Crippen LogP contribution in [-0.4, -0.2) is 22.6 Å². The van der Waals surface area contributed by atoms with Crippen LogP contribution in [-0.2, 0) is 11.2 Å². The van der Waals surface area contributed by atoms with Gasteiger partial charge < -0.3 is 9.84 Å². The van der Waals surface area contributed by atoms with Gasteiger partial charge in [-0.1, -0.05) is 49.3 Å². The first-order valence-corrected chi connectivity index (χ1v) is 7.30. The SMILES string of the molecule is CC(C)CNC(=O)CCCc1nc(-c2ccccc2)no1. The van der Waals surface area contributed by atoms with Gasteiger partial charge in [0.05, 0.1) is 0 Å². The lowest BCUT2D eigenvalue weighted by molar-refractivity contribution is -0.121. The van der Waals surface area contributed by atoms with E-state index in [2.05, 4.69) is 29.3 Å². The summed E-state index contributed by atoms with van der Waals surface area (Å²) in [5, 5.41) is 6.85. The molecule has 0 spiro atoms. The van der Waals surface area contributed by atoms with Crippen LogP contribution in [0.3, 0.4) is 0 Å². The molecule has 0 atom stereocenters. The molecule has 0 bridgehead atoms. The molecule has 0 saturated heterocycles. The first kappa shape index (κ1) is 15.2. The summed E-state index contributed by atoms with van der Waals surface area (Å²) in [4.78, 5) is 15.9. The van der Waals surface area contributed by atoms with E-state index < -0.39 is 0 Å². The molecule has 0 saturated carbocycles. The van der Waals surface area contributed by atoms with E-state index in [-0.39, 0.29) is 5.91 Å². The molecular formula is C16H21N3O2. The van der Waals surface area contributed by atoms with E-state index >= 15 is 0 Å². The van der Waals surface area contributed by atoms with Crippen LogP contribution in [0, 0.1) is 5.92 Å². The van der Waals surface area contributed by atoms with Crippen LogP contribution in [0.5, 0.6) is 0 Å². The van der Waals surface area contributed by atoms with Crippen LogP contribution in [0.4, 0.5) is 0 Å². The molecule has 1 heterocycles. The normalized spacial score (nSPS) is 10.8. The van der Waals surface area contributed by atoms with Gasteiger partial charge in [-0.2, -0.15) is 4.98 Å². The minimum absolute atomic E-state index is 0.0755. The summed E-state index contributed by atoms with van der Waals surface area (Å²) >= 11 is 0. The number of carbonyl (C=O) groups is 1. The number of hydrogen-bond donors (Lipinski definition) is 1. The maximum atomic E-state index is 11.6. The Hall–Kier alpha value is -2.17. The predicted molar refractivity (Wildman–Crippen MR) is 80.5 cm³/mol. The van der Waals surface area contributed by atoms with Crippen LogP contribution < -0.4 is 5.32 Å². The summed E-state index contributed by atoms with van der Waals surface area (Å²) in [6.07, 6.45) is 1.81. The molecule has 0 aliphatic carbocycles. The molecule has 1 aromatic carbocycles. The average Bonchev–Trinajstić information content (AvgIpc) is 2.95. The zero-order valence-corrected chi connectivity index (χ0v) is 12.5. The molecule has 21 heavy (non-hydrogen) atoms. The third-order valence-electron chi connectivity index (χ3n) is 3.00. The Morgan fingerprint density at radius 3 is 2.76 bits per heavy atom. The smallest absolute Gasteiger partial charge is 0.226 e. The molecule has 5 heteroatoms. The van der Waals surface area contributed by atoms with Gasteiger partial charge in [0, 0.05) is 24.9 Å². The second-order valence-electron chi connectivity index (χ2n) is 5.43. The number of carbonyl (C=O) groups excluding carboxylic acids is 1. The van der Waals surface area contributed by atoms with Gasteiger partial charge in [-0.05, 0) is 12.3 Å². The number of hydrogen-bond acceptors (Lipinski definition) is 4. The molecule has 1 aromatic heterocycles. The van der Waals surface area contributed by atoms with E-state index in [0.717, 1.165) is 12.1 Å². The first-order valence-electron chi connectivity index (χ1n) is 7.30. The Kier molecular flexibility index (Phi) is 5.49. The van der Waals surface area contributed by atoms with Crippen LogP contribution in [0.1, 0.15) is 32.6 Å². The van der Waals surface area contributed by atoms with Gasteiger partial charge in [0.15, 0.2) is 0 Å². The van der Waals surface area contributed by atoms with E-state index in [9.17, 15) is 4.79 Å². The fourth-order valence-electron chi connectivity index (χ4n) is 1.87. The summed E-state index contributed by atoms with van der Waals surface area (Å²) in [5.41, 5.74) is 0.933. The van der Waals surface area contributed by atoms with E-state index in [1.165, 1.54) is 0 Å². The van der Waals surface area contributed by atoms with Crippen LogP contribution >= 0.6 is 0 Å². The van der Waals surface area contributed by atoms with E-state index in [1.54, 1.807) is 0 Å². The van der Waals surface area contributed by atoms with Crippen molar-refractivity contribution in [2.75, 3.05) is 6.54 Å². The number of nitrogens with zero attached hydrogens (tertiary/aromatic N) is 2. The van der Waals surface area contributed by atoms with Crippen molar-refractivity contribution in [1.82, 2.24) is 15.5 Å². The van der Waals surface area contributed by atoms with Gasteiger partial charge in [-0.3, -0.25) is 4.79 Å². The monoisotopic (exact) mass is 287 g/mol. The second kappa shape index (κ2) is 7.57. The van der Waals surface area contributed by atoms with Crippen molar-refractivity contribution in [1.29, 1.82) is 0 Å². The van der Waals surface area contributed by atoms with Crippen molar-refractivity contribution >= 4 is 5.91 Å². The van der Waals surface area contributed by atoms with Gasteiger partial charge in [-0.25, -0.2) is 0 Å². The lowest BCUT2D eigenvalue weighted by atomic mass is 10.2. The second-order valence-corrected chi connectivity index (χ2v) is 5.43. The zero-order valence-electron chi connectivity index (χ0n) is 12.5. The van der Waals surface area contributed by atoms with Crippen molar-refractivity contribution in [3.63, 3.8) is 0 Å². The number of aromatic nitrogens is 2. The number of rotatable bonds is 7. The zero-order chi connectivity index (χ0) is 15.1. The summed E-state index contributed by atoms with van der Waals surface area (Å²) in [6.45, 7) is 4.87. The highest BCUT2D eigenvalue weighted by Gasteiger charge is 2.09. The van der Waals surface area contributed by atoms with E-state index in [4.69, 9.17) is 4.52 Å². The van der Waals surface area contributed by atoms with Gasteiger partial charge in [0.1, 0.15) is 0 Å². The summed E-state index contributed by atoms with van der Waals surface area (Å²) < 4.78 is 5.21. The van der Waals surface area contributed by atoms with E-state index in [1.807, 2.05) is 30.3 Å². The van der Waals surface area contributed by atoms with Crippen molar-refractivity contribution in [3.8, 4) is 11.4 Å². The van der Waals surface area contributed by atoms with Crippen molar-refractivity contribution < 1.29 is 9.32 Å². The Bertz CT molecular complexity index is 564. The largest absolute Gasteiger partial charge is 0.356 e. The van der Waals surface area contributed by atoms with Crippen molar-refractivity contribution in [2.45, 2.75) is 33.1 Å². The third kappa shape index (κ3) is 5.02. The summed E-state index contributed by atoms with van der Waals surface area (Å²) in [7, 11) is 0. The molecular weight excluding hydrogens is 266 g/mol. The van der Waals surface area contributed by atoms with E-state index in [0.29, 0.717) is 36.9 Å². The number of nitrogens with one attached hydrogen (secondary N) is 1. The lowest BCUT2D eigenvalue weighted by Crippen LogP contribution is -2.27. The summed E-state index contributed by atoms with van der Waals surface area (Å²) in [5.74, 6) is 1.71. The molecule has 2 rings (SSSR count). The van der Waals surface area contributed by atoms with Crippen molar-refractivity contribution in [3.05, 3.63) is 36.2 Å². The standard InChI is InChI=1S/C16H21N3O2/c1-12(2)11-17-14(20)9-6-10-15-18-16(19-21-15)13-7-4-3-5-8-13/h3-5,7-8,12H,6,9-11H2,1-2H3,(H,17,20). The van der Waals surface area contributed by atoms with Gasteiger partial charge in [0.25, 0.3) is 0 Å². The van der Waals surface area contributed by atoms with Gasteiger partial charge in [0.2, 0.25) is 17.6 Å². The molecule has 0 aliphatic rings. The predicted octanol–water partition coefficient (Wildman–Crippen LogP) is 2.83. The maximum absolute atomic E-state index is 11.6. The third-order valence-corrected chi connectivity index (χ3v) is 3.00. The molecule has 5 nitrogen and oxygen atoms in total. The Labute approximate surface area is 124 Å². The Balaban J connectivity index is 1.77. The highest BCUT2D eigenvalue weighted by Crippen LogP contribution is 2.15. The highest BCUT2D eigenvalue weighted by molar-refractivity contribution is 5.75. The first-order chi connectivity index (χ1) is 10.1. The number of benzene rings is 1. The molecule has 1 amide bonds. The van der Waals surface area contributed by atoms with Crippen LogP contribution in [0.15, 0.2) is 34.9 Å². The Morgan fingerprint density at radius 2 is 2.05 bits per heavy atom. The van der Waals surface area contributed by atoms with Crippen LogP contribution in [0.25, 0.3) is 11.4 Å². The Morgan fingerprint density at radius 1 is 1.29 bits per heavy atom. The van der Waals surface area contributed by atoms with Crippen LogP contribution in [0.2, 0.25) is 0 Å². The molecule has 0 fully saturated rings. The minimum atomic E-state index is 0.0755. The average molecular weight is 287 g/mol.